The van der Waals surface area contributed by atoms with E-state index in [0.717, 1.165) is 28.0 Å². The van der Waals surface area contributed by atoms with Gasteiger partial charge in [0, 0.05) is 0 Å². The van der Waals surface area contributed by atoms with Gasteiger partial charge in [-0.1, -0.05) is 24.3 Å². The lowest BCUT2D eigenvalue weighted by molar-refractivity contribution is 0.355. The van der Waals surface area contributed by atoms with E-state index in [4.69, 9.17) is 14.7 Å². The molecule has 0 saturated heterocycles. The van der Waals surface area contributed by atoms with E-state index in [1.165, 1.54) is 0 Å². The maximum atomic E-state index is 8.74. The van der Waals surface area contributed by atoms with Gasteiger partial charge in [-0.3, -0.25) is 0 Å². The lowest BCUT2D eigenvalue weighted by Crippen LogP contribution is -1.92. The zero-order chi connectivity index (χ0) is 14.5. The first kappa shape index (κ1) is 14.0. The van der Waals surface area contributed by atoms with Gasteiger partial charge in [-0.2, -0.15) is 5.26 Å². The number of aryl methyl sites for hydroxylation is 1. The molecule has 0 unspecified atom stereocenters. The molecule has 0 amide bonds. The number of methoxy groups -OCH3 is 2. The first-order chi connectivity index (χ1) is 9.69. The minimum atomic E-state index is 0.438. The molecule has 0 saturated carbocycles. The predicted octanol–water partition coefficient (Wildman–Crippen LogP) is 3.75. The Labute approximate surface area is 119 Å². The van der Waals surface area contributed by atoms with Crippen LogP contribution in [0.4, 0.5) is 0 Å². The highest BCUT2D eigenvalue weighted by Gasteiger charge is 2.08. The van der Waals surface area contributed by atoms with Crippen molar-refractivity contribution in [3.8, 4) is 28.7 Å². The van der Waals surface area contributed by atoms with Gasteiger partial charge < -0.3 is 9.47 Å². The Morgan fingerprint density at radius 2 is 1.75 bits per heavy atom. The van der Waals surface area contributed by atoms with E-state index >= 15 is 0 Å². The molecule has 0 bridgehead atoms. The van der Waals surface area contributed by atoms with Crippen LogP contribution in [0, 0.1) is 18.3 Å². The summed E-state index contributed by atoms with van der Waals surface area (Å²) in [6, 6.07) is 14.1. The number of nitrogens with zero attached hydrogens (tertiary/aromatic N) is 1. The minimum absolute atomic E-state index is 0.438. The lowest BCUT2D eigenvalue weighted by Gasteiger charge is -2.12. The molecular weight excluding hydrogens is 250 g/mol. The molecule has 2 aromatic rings. The summed E-state index contributed by atoms with van der Waals surface area (Å²) in [5, 5.41) is 8.74. The zero-order valence-electron chi connectivity index (χ0n) is 11.9. The van der Waals surface area contributed by atoms with Gasteiger partial charge in [-0.05, 0) is 41.3 Å². The van der Waals surface area contributed by atoms with Crippen LogP contribution in [-0.2, 0) is 6.42 Å². The largest absolute Gasteiger partial charge is 0.493 e. The van der Waals surface area contributed by atoms with Crippen LogP contribution in [0.2, 0.25) is 0 Å². The second-order valence-electron chi connectivity index (χ2n) is 4.55. The average Bonchev–Trinajstić information content (AvgIpc) is 2.47. The van der Waals surface area contributed by atoms with Crippen LogP contribution in [0.5, 0.6) is 11.5 Å². The van der Waals surface area contributed by atoms with Gasteiger partial charge in [-0.15, -0.1) is 0 Å². The summed E-state index contributed by atoms with van der Waals surface area (Å²) in [4.78, 5) is 0. The summed E-state index contributed by atoms with van der Waals surface area (Å²) < 4.78 is 10.6. The maximum Gasteiger partial charge on any atom is 0.161 e. The molecule has 2 rings (SSSR count). The number of rotatable bonds is 4. The van der Waals surface area contributed by atoms with Gasteiger partial charge in [0.15, 0.2) is 11.5 Å². The van der Waals surface area contributed by atoms with Crippen LogP contribution in [0.1, 0.15) is 11.1 Å². The molecule has 0 radical (unpaired) electrons. The summed E-state index contributed by atoms with van der Waals surface area (Å²) in [5.41, 5.74) is 4.38. The number of benzene rings is 2. The van der Waals surface area contributed by atoms with Crippen molar-refractivity contribution in [2.24, 2.45) is 0 Å². The first-order valence-corrected chi connectivity index (χ1v) is 6.38. The van der Waals surface area contributed by atoms with Crippen molar-refractivity contribution in [1.29, 1.82) is 5.26 Å². The van der Waals surface area contributed by atoms with Gasteiger partial charge in [0.05, 0.1) is 26.7 Å². The van der Waals surface area contributed by atoms with Crippen LogP contribution in [0.15, 0.2) is 36.4 Å². The molecular formula is C17H17NO2. The SMILES string of the molecule is COc1ccc(-c2ccc(CC#N)cc2C)cc1OC. The summed E-state index contributed by atoms with van der Waals surface area (Å²) in [6.07, 6.45) is 0.438. The number of hydrogen-bond donors (Lipinski definition) is 0. The van der Waals surface area contributed by atoms with Crippen LogP contribution >= 0.6 is 0 Å². The summed E-state index contributed by atoms with van der Waals surface area (Å²) in [7, 11) is 3.25. The van der Waals surface area contributed by atoms with Gasteiger partial charge in [-0.25, -0.2) is 0 Å². The third-order valence-electron chi connectivity index (χ3n) is 3.27. The number of ether oxygens (including phenoxy) is 2. The van der Waals surface area contributed by atoms with Crippen LogP contribution < -0.4 is 9.47 Å². The molecule has 0 aliphatic carbocycles. The average molecular weight is 267 g/mol. The Morgan fingerprint density at radius 1 is 1.00 bits per heavy atom. The molecule has 2 aromatic carbocycles. The van der Waals surface area contributed by atoms with E-state index in [9.17, 15) is 0 Å². The third kappa shape index (κ3) is 2.75. The van der Waals surface area contributed by atoms with Crippen molar-refractivity contribution in [3.63, 3.8) is 0 Å². The molecule has 3 nitrogen and oxygen atoms in total. The van der Waals surface area contributed by atoms with Crippen molar-refractivity contribution in [2.45, 2.75) is 13.3 Å². The van der Waals surface area contributed by atoms with Crippen molar-refractivity contribution >= 4 is 0 Å². The number of nitriles is 1. The number of hydrogen-bond acceptors (Lipinski definition) is 3. The normalized spacial score (nSPS) is 9.90. The molecule has 0 aliphatic rings. The fraction of sp³-hybridized carbons (Fsp3) is 0.235. The standard InChI is InChI=1S/C17H17NO2/c1-12-10-13(8-9-18)4-6-15(12)14-5-7-16(19-2)17(11-14)20-3/h4-7,10-11H,8H2,1-3H3. The van der Waals surface area contributed by atoms with E-state index in [2.05, 4.69) is 12.1 Å². The van der Waals surface area contributed by atoms with Crippen LogP contribution in [0.25, 0.3) is 11.1 Å². The van der Waals surface area contributed by atoms with Gasteiger partial charge in [0.1, 0.15) is 0 Å². The highest BCUT2D eigenvalue weighted by Crippen LogP contribution is 2.33. The van der Waals surface area contributed by atoms with Crippen molar-refractivity contribution in [3.05, 3.63) is 47.5 Å². The quantitative estimate of drug-likeness (QED) is 0.847. The molecule has 0 atom stereocenters. The fourth-order valence-corrected chi connectivity index (χ4v) is 2.25. The lowest BCUT2D eigenvalue weighted by atomic mass is 9.97. The highest BCUT2D eigenvalue weighted by atomic mass is 16.5. The van der Waals surface area contributed by atoms with Gasteiger partial charge >= 0.3 is 0 Å². The molecule has 0 N–H and O–H groups in total. The molecule has 0 heterocycles. The Hall–Kier alpha value is -2.47. The third-order valence-corrected chi connectivity index (χ3v) is 3.27. The van der Waals surface area contributed by atoms with E-state index in [1.807, 2.05) is 37.3 Å². The fourth-order valence-electron chi connectivity index (χ4n) is 2.25. The van der Waals surface area contributed by atoms with Crippen LogP contribution in [0.3, 0.4) is 0 Å². The van der Waals surface area contributed by atoms with E-state index in [1.54, 1.807) is 14.2 Å². The zero-order valence-corrected chi connectivity index (χ0v) is 11.9. The topological polar surface area (TPSA) is 42.2 Å². The molecule has 0 fully saturated rings. The Kier molecular flexibility index (Phi) is 4.27. The van der Waals surface area contributed by atoms with Crippen molar-refractivity contribution in [2.75, 3.05) is 14.2 Å². The highest BCUT2D eigenvalue weighted by molar-refractivity contribution is 5.70. The Bertz CT molecular complexity index is 657. The maximum absolute atomic E-state index is 8.74. The second kappa shape index (κ2) is 6.12. The van der Waals surface area contributed by atoms with E-state index < -0.39 is 0 Å². The molecule has 20 heavy (non-hydrogen) atoms. The Morgan fingerprint density at radius 3 is 2.35 bits per heavy atom. The van der Waals surface area contributed by atoms with E-state index in [0.29, 0.717) is 12.2 Å². The summed E-state index contributed by atoms with van der Waals surface area (Å²) in [6.45, 7) is 2.05. The molecule has 3 heteroatoms. The van der Waals surface area contributed by atoms with Gasteiger partial charge in [0.25, 0.3) is 0 Å². The molecule has 0 spiro atoms. The molecule has 0 aromatic heterocycles. The van der Waals surface area contributed by atoms with Gasteiger partial charge in [0.2, 0.25) is 0 Å². The predicted molar refractivity (Wildman–Crippen MR) is 79.0 cm³/mol. The second-order valence-corrected chi connectivity index (χ2v) is 4.55. The van der Waals surface area contributed by atoms with Crippen molar-refractivity contribution < 1.29 is 9.47 Å². The summed E-state index contributed by atoms with van der Waals surface area (Å²) >= 11 is 0. The first-order valence-electron chi connectivity index (χ1n) is 6.38. The molecule has 0 aliphatic heterocycles. The van der Waals surface area contributed by atoms with Crippen molar-refractivity contribution in [1.82, 2.24) is 0 Å². The van der Waals surface area contributed by atoms with Crippen LogP contribution in [-0.4, -0.2) is 14.2 Å². The molecule has 102 valence electrons. The summed E-state index contributed by atoms with van der Waals surface area (Å²) in [5.74, 6) is 1.43. The Balaban J connectivity index is 2.44. The smallest absolute Gasteiger partial charge is 0.161 e. The minimum Gasteiger partial charge on any atom is -0.493 e. The monoisotopic (exact) mass is 267 g/mol. The van der Waals surface area contributed by atoms with E-state index in [-0.39, 0.29) is 0 Å².